The fraction of sp³-hybridized carbons (Fsp3) is 0.462. The standard InChI is InChI=1S/C19H21N3S.C7H16/c1-4-14-7-6-8-16(12-14)18-20-21-19(23)22(18)17-10-9-15(5-2)13(3)11-17;1-4-5-6-7(2)3/h6-12H,4-5H2,1-3H3,(H,21,23);7H,4-6H2,1-3H3. The van der Waals surface area contributed by atoms with Crippen molar-refractivity contribution in [3.8, 4) is 17.1 Å². The normalized spacial score (nSPS) is 10.8. The minimum Gasteiger partial charge on any atom is -0.268 e. The van der Waals surface area contributed by atoms with Crippen molar-refractivity contribution in [2.24, 2.45) is 5.92 Å². The van der Waals surface area contributed by atoms with Crippen LogP contribution in [0.25, 0.3) is 17.1 Å². The van der Waals surface area contributed by atoms with E-state index in [4.69, 9.17) is 12.2 Å². The summed E-state index contributed by atoms with van der Waals surface area (Å²) in [6.07, 6.45) is 6.18. The Kier molecular flexibility index (Phi) is 9.51. The molecule has 1 heterocycles. The second-order valence-corrected chi connectivity index (χ2v) is 8.63. The minimum atomic E-state index is 0.616. The first kappa shape index (κ1) is 24.1. The van der Waals surface area contributed by atoms with Crippen molar-refractivity contribution in [1.29, 1.82) is 0 Å². The Morgan fingerprint density at radius 2 is 1.80 bits per heavy atom. The van der Waals surface area contributed by atoms with Crippen molar-refractivity contribution in [3.05, 3.63) is 63.9 Å². The van der Waals surface area contributed by atoms with E-state index in [2.05, 4.69) is 94.2 Å². The summed E-state index contributed by atoms with van der Waals surface area (Å²) in [6, 6.07) is 14.9. The molecule has 1 aromatic heterocycles. The van der Waals surface area contributed by atoms with Crippen molar-refractivity contribution in [1.82, 2.24) is 14.8 Å². The van der Waals surface area contributed by atoms with Gasteiger partial charge in [0.05, 0.1) is 5.69 Å². The van der Waals surface area contributed by atoms with Gasteiger partial charge in [0.2, 0.25) is 0 Å². The highest BCUT2D eigenvalue weighted by Crippen LogP contribution is 2.24. The number of nitrogens with one attached hydrogen (secondary N) is 1. The molecule has 4 heteroatoms. The van der Waals surface area contributed by atoms with Gasteiger partial charge in [-0.2, -0.15) is 5.10 Å². The highest BCUT2D eigenvalue weighted by molar-refractivity contribution is 7.71. The molecule has 0 aliphatic rings. The van der Waals surface area contributed by atoms with E-state index in [-0.39, 0.29) is 0 Å². The van der Waals surface area contributed by atoms with Crippen LogP contribution in [0.3, 0.4) is 0 Å². The Labute approximate surface area is 187 Å². The number of unbranched alkanes of at least 4 members (excludes halogenated alkanes) is 1. The number of hydrogen-bond acceptors (Lipinski definition) is 2. The SMILES string of the molecule is CCCCC(C)C.CCc1cccc(-c2n[nH]c(=S)n2-c2ccc(CC)c(C)c2)c1. The first-order valence-electron chi connectivity index (χ1n) is 11.3. The van der Waals surface area contributed by atoms with E-state index < -0.39 is 0 Å². The third-order valence-electron chi connectivity index (χ3n) is 5.37. The molecule has 0 saturated carbocycles. The van der Waals surface area contributed by atoms with E-state index in [1.54, 1.807) is 0 Å². The number of aromatic nitrogens is 3. The lowest BCUT2D eigenvalue weighted by Gasteiger charge is -2.11. The average molecular weight is 424 g/mol. The summed E-state index contributed by atoms with van der Waals surface area (Å²) >= 11 is 5.47. The lowest BCUT2D eigenvalue weighted by Crippen LogP contribution is -2.00. The Bertz CT molecular complexity index is 982. The van der Waals surface area contributed by atoms with Gasteiger partial charge in [-0.05, 0) is 72.8 Å². The molecule has 0 unspecified atom stereocenters. The molecule has 3 aromatic rings. The largest absolute Gasteiger partial charge is 0.268 e. The van der Waals surface area contributed by atoms with Gasteiger partial charge in [0.25, 0.3) is 0 Å². The zero-order valence-corrected chi connectivity index (χ0v) is 20.3. The Balaban J connectivity index is 0.000000396. The molecule has 0 saturated heterocycles. The van der Waals surface area contributed by atoms with Crippen LogP contribution in [0.5, 0.6) is 0 Å². The molecule has 0 aliphatic heterocycles. The summed E-state index contributed by atoms with van der Waals surface area (Å²) in [5, 5.41) is 7.39. The second-order valence-electron chi connectivity index (χ2n) is 8.24. The van der Waals surface area contributed by atoms with Gasteiger partial charge in [0.1, 0.15) is 0 Å². The Hall–Kier alpha value is -2.20. The number of aromatic amines is 1. The molecular formula is C26H37N3S. The maximum absolute atomic E-state index is 5.47. The van der Waals surface area contributed by atoms with E-state index in [1.165, 1.54) is 36.0 Å². The Morgan fingerprint density at radius 1 is 1.03 bits per heavy atom. The quantitative estimate of drug-likeness (QED) is 0.392. The van der Waals surface area contributed by atoms with Crippen LogP contribution in [0, 0.1) is 17.6 Å². The van der Waals surface area contributed by atoms with E-state index in [0.29, 0.717) is 4.77 Å². The maximum Gasteiger partial charge on any atom is 0.200 e. The number of rotatable bonds is 7. The van der Waals surface area contributed by atoms with Crippen LogP contribution in [0.4, 0.5) is 0 Å². The molecule has 0 aliphatic carbocycles. The van der Waals surface area contributed by atoms with Crippen molar-refractivity contribution in [3.63, 3.8) is 0 Å². The predicted molar refractivity (Wildman–Crippen MR) is 132 cm³/mol. The average Bonchev–Trinajstić information content (AvgIpc) is 3.14. The van der Waals surface area contributed by atoms with Crippen LogP contribution >= 0.6 is 12.2 Å². The number of nitrogens with zero attached hydrogens (tertiary/aromatic N) is 2. The molecule has 30 heavy (non-hydrogen) atoms. The number of aryl methyl sites for hydroxylation is 3. The smallest absolute Gasteiger partial charge is 0.200 e. The summed E-state index contributed by atoms with van der Waals surface area (Å²) in [5.74, 6) is 1.76. The Morgan fingerprint density at radius 3 is 2.37 bits per heavy atom. The van der Waals surface area contributed by atoms with E-state index >= 15 is 0 Å². The van der Waals surface area contributed by atoms with Crippen LogP contribution in [0.15, 0.2) is 42.5 Å². The third-order valence-corrected chi connectivity index (χ3v) is 5.64. The molecule has 162 valence electrons. The first-order chi connectivity index (χ1) is 14.4. The fourth-order valence-electron chi connectivity index (χ4n) is 3.49. The van der Waals surface area contributed by atoms with Gasteiger partial charge in [-0.1, -0.05) is 78.1 Å². The highest BCUT2D eigenvalue weighted by Gasteiger charge is 2.12. The minimum absolute atomic E-state index is 0.616. The van der Waals surface area contributed by atoms with Crippen molar-refractivity contribution in [2.45, 2.75) is 73.6 Å². The molecular weight excluding hydrogens is 386 g/mol. The summed E-state index contributed by atoms with van der Waals surface area (Å²) in [7, 11) is 0. The first-order valence-corrected chi connectivity index (χ1v) is 11.7. The summed E-state index contributed by atoms with van der Waals surface area (Å²) in [4.78, 5) is 0. The van der Waals surface area contributed by atoms with Crippen molar-refractivity contribution in [2.75, 3.05) is 0 Å². The maximum atomic E-state index is 5.47. The molecule has 3 rings (SSSR count). The molecule has 3 nitrogen and oxygen atoms in total. The summed E-state index contributed by atoms with van der Waals surface area (Å²) < 4.78 is 2.63. The third kappa shape index (κ3) is 6.40. The number of benzene rings is 2. The molecule has 1 N–H and O–H groups in total. The fourth-order valence-corrected chi connectivity index (χ4v) is 3.73. The highest BCUT2D eigenvalue weighted by atomic mass is 32.1. The lowest BCUT2D eigenvalue weighted by atomic mass is 10.1. The molecule has 0 fully saturated rings. The van der Waals surface area contributed by atoms with Crippen LogP contribution in [-0.4, -0.2) is 14.8 Å². The topological polar surface area (TPSA) is 33.6 Å². The van der Waals surface area contributed by atoms with Crippen LogP contribution < -0.4 is 0 Å². The van der Waals surface area contributed by atoms with Gasteiger partial charge in [-0.25, -0.2) is 0 Å². The van der Waals surface area contributed by atoms with E-state index in [1.807, 2.05) is 4.57 Å². The van der Waals surface area contributed by atoms with Gasteiger partial charge < -0.3 is 0 Å². The predicted octanol–water partition coefficient (Wildman–Crippen LogP) is 7.86. The van der Waals surface area contributed by atoms with Crippen molar-refractivity contribution >= 4 is 12.2 Å². The summed E-state index contributed by atoms with van der Waals surface area (Å²) in [6.45, 7) is 13.3. The molecule has 0 bridgehead atoms. The van der Waals surface area contributed by atoms with Gasteiger partial charge in [-0.3, -0.25) is 9.67 Å². The molecule has 0 amide bonds. The molecule has 2 aromatic carbocycles. The van der Waals surface area contributed by atoms with Crippen molar-refractivity contribution < 1.29 is 0 Å². The monoisotopic (exact) mass is 423 g/mol. The van der Waals surface area contributed by atoms with E-state index in [0.717, 1.165) is 35.8 Å². The molecule has 0 atom stereocenters. The van der Waals surface area contributed by atoms with Gasteiger partial charge in [0, 0.05) is 5.56 Å². The van der Waals surface area contributed by atoms with Crippen LogP contribution in [0.2, 0.25) is 0 Å². The van der Waals surface area contributed by atoms with Gasteiger partial charge >= 0.3 is 0 Å². The number of H-pyrrole nitrogens is 1. The zero-order chi connectivity index (χ0) is 22.1. The molecule has 0 spiro atoms. The van der Waals surface area contributed by atoms with E-state index in [9.17, 15) is 0 Å². The lowest BCUT2D eigenvalue weighted by molar-refractivity contribution is 0.550. The summed E-state index contributed by atoms with van der Waals surface area (Å²) in [5.41, 5.74) is 6.06. The van der Waals surface area contributed by atoms with Crippen LogP contribution in [-0.2, 0) is 12.8 Å². The second kappa shape index (κ2) is 11.8. The van der Waals surface area contributed by atoms with Crippen LogP contribution in [0.1, 0.15) is 70.6 Å². The number of hydrogen-bond donors (Lipinski definition) is 1. The zero-order valence-electron chi connectivity index (χ0n) is 19.5. The van der Waals surface area contributed by atoms with Gasteiger partial charge in [0.15, 0.2) is 10.6 Å². The molecule has 0 radical (unpaired) electrons. The van der Waals surface area contributed by atoms with Gasteiger partial charge in [-0.15, -0.1) is 0 Å².